The zero-order valence-corrected chi connectivity index (χ0v) is 10.3. The fraction of sp³-hybridized carbons (Fsp3) is 0.143. The fourth-order valence-corrected chi connectivity index (χ4v) is 4.11. The van der Waals surface area contributed by atoms with Crippen molar-refractivity contribution >= 4 is 17.9 Å². The molecule has 2 rings (SSSR count). The first-order chi connectivity index (χ1) is 7.77. The molecule has 0 aromatic heterocycles. The molecule has 2 aromatic carbocycles. The van der Waals surface area contributed by atoms with Crippen LogP contribution in [0.15, 0.2) is 60.7 Å². The van der Waals surface area contributed by atoms with Crippen LogP contribution < -0.4 is 10.6 Å². The van der Waals surface area contributed by atoms with Gasteiger partial charge in [-0.3, -0.25) is 0 Å². The summed E-state index contributed by atoms with van der Waals surface area (Å²) in [5, 5.41) is 12.2. The second kappa shape index (κ2) is 4.78. The first-order valence-electron chi connectivity index (χ1n) is 5.35. The number of aliphatic hydroxyl groups excluding tert-OH is 1. The van der Waals surface area contributed by atoms with Crippen LogP contribution in [0.25, 0.3) is 0 Å². The van der Waals surface area contributed by atoms with Gasteiger partial charge in [0.05, 0.1) is 6.66 Å². The largest absolute Gasteiger partial charge is 0.361 e. The highest BCUT2D eigenvalue weighted by atomic mass is 31.2. The summed E-state index contributed by atoms with van der Waals surface area (Å²) in [5.74, 6) is 0. The van der Waals surface area contributed by atoms with Crippen molar-refractivity contribution in [1.29, 1.82) is 0 Å². The molecule has 0 saturated heterocycles. The van der Waals surface area contributed by atoms with Gasteiger partial charge in [-0.05, 0) is 24.3 Å². The van der Waals surface area contributed by atoms with Gasteiger partial charge in [0, 0.05) is 0 Å². The summed E-state index contributed by atoms with van der Waals surface area (Å²) < 4.78 is 0. The zero-order valence-electron chi connectivity index (χ0n) is 9.38. The number of aliphatic hydroxyl groups is 1. The molecule has 0 aliphatic rings. The smallest absolute Gasteiger partial charge is 0.163 e. The van der Waals surface area contributed by atoms with Crippen LogP contribution in [0.4, 0.5) is 0 Å². The van der Waals surface area contributed by atoms with E-state index in [1.807, 2.05) is 36.4 Å². The van der Waals surface area contributed by atoms with Gasteiger partial charge in [0.15, 0.2) is 6.35 Å². The lowest BCUT2D eigenvalue weighted by Gasteiger charge is -2.20. The first kappa shape index (κ1) is 11.3. The normalized spacial score (nSPS) is 11.4. The Morgan fingerprint density at radius 3 is 1.50 bits per heavy atom. The Kier molecular flexibility index (Phi) is 3.38. The third-order valence-corrected chi connectivity index (χ3v) is 6.38. The monoisotopic (exact) mass is 231 g/mol. The van der Waals surface area contributed by atoms with E-state index in [9.17, 15) is 5.11 Å². The van der Waals surface area contributed by atoms with Crippen molar-refractivity contribution in [2.75, 3.05) is 13.0 Å². The van der Waals surface area contributed by atoms with E-state index in [1.54, 1.807) is 0 Å². The minimum Gasteiger partial charge on any atom is -0.361 e. The summed E-state index contributed by atoms with van der Waals surface area (Å²) in [6.07, 6.45) is 0.223. The molecule has 16 heavy (non-hydrogen) atoms. The van der Waals surface area contributed by atoms with Crippen LogP contribution in [0.5, 0.6) is 0 Å². The lowest BCUT2D eigenvalue weighted by Crippen LogP contribution is -2.23. The van der Waals surface area contributed by atoms with E-state index in [0.717, 1.165) is 0 Å². The molecular weight excluding hydrogens is 215 g/mol. The van der Waals surface area contributed by atoms with E-state index >= 15 is 0 Å². The lowest BCUT2D eigenvalue weighted by atomic mass is 10.4. The Balaban J connectivity index is 2.49. The van der Waals surface area contributed by atoms with Crippen LogP contribution in [-0.2, 0) is 0 Å². The Bertz CT molecular complexity index is 399. The minimum absolute atomic E-state index is 0.223. The predicted molar refractivity (Wildman–Crippen MR) is 72.1 cm³/mol. The van der Waals surface area contributed by atoms with Gasteiger partial charge in [-0.2, -0.15) is 0 Å². The standard InChI is InChI=1S/C14H16OP/c1-16(12-15,13-8-4-2-5-9-13)14-10-6-3-7-11-14/h2-11,15H,12H2,1H3/q+1. The Labute approximate surface area is 97.1 Å². The van der Waals surface area contributed by atoms with Gasteiger partial charge >= 0.3 is 0 Å². The molecule has 2 aromatic rings. The highest BCUT2D eigenvalue weighted by Gasteiger charge is 2.36. The molecule has 0 fully saturated rings. The van der Waals surface area contributed by atoms with Crippen LogP contribution in [0.2, 0.25) is 0 Å². The van der Waals surface area contributed by atoms with E-state index in [1.165, 1.54) is 10.6 Å². The summed E-state index contributed by atoms with van der Waals surface area (Å²) in [6, 6.07) is 20.6. The van der Waals surface area contributed by atoms with Crippen molar-refractivity contribution in [3.05, 3.63) is 60.7 Å². The average molecular weight is 231 g/mol. The highest BCUT2D eigenvalue weighted by Crippen LogP contribution is 2.51. The van der Waals surface area contributed by atoms with Crippen molar-refractivity contribution in [3.8, 4) is 0 Å². The SMILES string of the molecule is C[P+](CO)(c1ccccc1)c1ccccc1. The van der Waals surface area contributed by atoms with Crippen molar-refractivity contribution in [2.24, 2.45) is 0 Å². The lowest BCUT2D eigenvalue weighted by molar-refractivity contribution is 0.370. The maximum absolute atomic E-state index is 9.74. The Morgan fingerprint density at radius 2 is 1.19 bits per heavy atom. The number of hydrogen-bond donors (Lipinski definition) is 1. The summed E-state index contributed by atoms with van der Waals surface area (Å²) >= 11 is 0. The molecule has 0 bridgehead atoms. The molecular formula is C14H16OP+. The van der Waals surface area contributed by atoms with Gasteiger partial charge in [0.25, 0.3) is 0 Å². The van der Waals surface area contributed by atoms with Crippen molar-refractivity contribution < 1.29 is 5.11 Å². The number of rotatable bonds is 3. The molecule has 2 heteroatoms. The minimum atomic E-state index is -1.60. The predicted octanol–water partition coefficient (Wildman–Crippen LogP) is 2.23. The van der Waals surface area contributed by atoms with Crippen molar-refractivity contribution in [3.63, 3.8) is 0 Å². The summed E-state index contributed by atoms with van der Waals surface area (Å²) in [6.45, 7) is 2.18. The molecule has 0 heterocycles. The Hall–Kier alpha value is -1.17. The van der Waals surface area contributed by atoms with E-state index in [-0.39, 0.29) is 6.35 Å². The fourth-order valence-electron chi connectivity index (χ4n) is 1.83. The van der Waals surface area contributed by atoms with Crippen molar-refractivity contribution in [1.82, 2.24) is 0 Å². The third kappa shape index (κ3) is 2.02. The number of hydrogen-bond acceptors (Lipinski definition) is 1. The number of benzene rings is 2. The van der Waals surface area contributed by atoms with Gasteiger partial charge in [-0.1, -0.05) is 36.4 Å². The third-order valence-electron chi connectivity index (χ3n) is 2.93. The second-order valence-electron chi connectivity index (χ2n) is 4.00. The molecule has 0 radical (unpaired) electrons. The van der Waals surface area contributed by atoms with Crippen LogP contribution in [-0.4, -0.2) is 18.1 Å². The zero-order chi connectivity index (χ0) is 11.4. The molecule has 0 spiro atoms. The molecule has 0 amide bonds. The van der Waals surface area contributed by atoms with Crippen LogP contribution in [0.3, 0.4) is 0 Å². The Morgan fingerprint density at radius 1 is 0.812 bits per heavy atom. The van der Waals surface area contributed by atoms with Crippen LogP contribution >= 0.6 is 7.26 Å². The quantitative estimate of drug-likeness (QED) is 0.803. The highest BCUT2D eigenvalue weighted by molar-refractivity contribution is 7.88. The molecule has 0 aliphatic carbocycles. The topological polar surface area (TPSA) is 20.2 Å². The molecule has 1 N–H and O–H groups in total. The van der Waals surface area contributed by atoms with Gasteiger partial charge in [0.1, 0.15) is 17.9 Å². The molecule has 82 valence electrons. The van der Waals surface area contributed by atoms with Gasteiger partial charge < -0.3 is 5.11 Å². The van der Waals surface area contributed by atoms with Crippen molar-refractivity contribution in [2.45, 2.75) is 0 Å². The van der Waals surface area contributed by atoms with E-state index in [4.69, 9.17) is 0 Å². The average Bonchev–Trinajstić information content (AvgIpc) is 2.40. The van der Waals surface area contributed by atoms with Crippen LogP contribution in [0.1, 0.15) is 0 Å². The summed E-state index contributed by atoms with van der Waals surface area (Å²) in [7, 11) is -1.60. The maximum atomic E-state index is 9.74. The molecule has 0 unspecified atom stereocenters. The maximum Gasteiger partial charge on any atom is 0.163 e. The molecule has 0 aliphatic heterocycles. The van der Waals surface area contributed by atoms with Gasteiger partial charge in [-0.25, -0.2) is 0 Å². The van der Waals surface area contributed by atoms with Gasteiger partial charge in [0.2, 0.25) is 0 Å². The van der Waals surface area contributed by atoms with E-state index < -0.39 is 7.26 Å². The summed E-state index contributed by atoms with van der Waals surface area (Å²) in [5.41, 5.74) is 0. The molecule has 0 atom stereocenters. The summed E-state index contributed by atoms with van der Waals surface area (Å²) in [4.78, 5) is 0. The first-order valence-corrected chi connectivity index (χ1v) is 7.77. The van der Waals surface area contributed by atoms with Crippen LogP contribution in [0, 0.1) is 0 Å². The second-order valence-corrected chi connectivity index (χ2v) is 7.70. The van der Waals surface area contributed by atoms with E-state index in [0.29, 0.717) is 0 Å². The van der Waals surface area contributed by atoms with Gasteiger partial charge in [-0.15, -0.1) is 0 Å². The van der Waals surface area contributed by atoms with E-state index in [2.05, 4.69) is 30.9 Å². The molecule has 0 saturated carbocycles. The molecule has 1 nitrogen and oxygen atoms in total.